The number of aromatic amines is 1. The molecule has 4 aliphatic rings. The Kier molecular flexibility index (Phi) is 3.13. The number of nitrogens with zero attached hydrogens (tertiary/aromatic N) is 2. The molecule has 5 rings (SSSR count). The predicted octanol–water partition coefficient (Wildman–Crippen LogP) is 3.08. The average Bonchev–Trinajstić information content (AvgIpc) is 2.42. The minimum Gasteiger partial charge on any atom is -0.291 e. The number of nitrogens with one attached hydrogen (secondary N) is 2. The largest absolute Gasteiger partial charge is 0.291 e. The molecule has 0 aromatic carbocycles. The molecule has 1 aromatic heterocycles. The van der Waals surface area contributed by atoms with Crippen molar-refractivity contribution in [2.24, 2.45) is 28.3 Å². The number of H-pyrrole nitrogens is 1. The zero-order valence-electron chi connectivity index (χ0n) is 13.4. The van der Waals surface area contributed by atoms with E-state index in [0.29, 0.717) is 17.1 Å². The molecule has 1 heterocycles. The Morgan fingerprint density at radius 3 is 2.41 bits per heavy atom. The second-order valence-corrected chi connectivity index (χ2v) is 7.74. The Labute approximate surface area is 130 Å². The van der Waals surface area contributed by atoms with E-state index < -0.39 is 0 Å². The molecule has 4 saturated carbocycles. The van der Waals surface area contributed by atoms with Gasteiger partial charge in [-0.05, 0) is 70.1 Å². The standard InChI is InChI=1S/C17H24N4O/c1-10-3-15(22)19-16(18-10)21-20-11(2)17-7-12-4-13(8-17)6-14(5-12)9-17/h3,12-14H,4-9H2,1-2H3,(H2,18,19,21,22)/b20-11-. The van der Waals surface area contributed by atoms with Gasteiger partial charge in [0, 0.05) is 22.9 Å². The van der Waals surface area contributed by atoms with Gasteiger partial charge in [-0.15, -0.1) is 0 Å². The van der Waals surface area contributed by atoms with Crippen LogP contribution in [0.2, 0.25) is 0 Å². The first-order valence-corrected chi connectivity index (χ1v) is 8.41. The predicted molar refractivity (Wildman–Crippen MR) is 86.9 cm³/mol. The van der Waals surface area contributed by atoms with E-state index in [1.54, 1.807) is 0 Å². The average molecular weight is 300 g/mol. The molecule has 4 aliphatic carbocycles. The van der Waals surface area contributed by atoms with Crippen LogP contribution in [0.4, 0.5) is 5.95 Å². The quantitative estimate of drug-likeness (QED) is 0.665. The van der Waals surface area contributed by atoms with Crippen LogP contribution in [0.15, 0.2) is 16.0 Å². The highest BCUT2D eigenvalue weighted by atomic mass is 16.1. The third-order valence-corrected chi connectivity index (χ3v) is 6.00. The van der Waals surface area contributed by atoms with E-state index >= 15 is 0 Å². The van der Waals surface area contributed by atoms with E-state index in [1.807, 2.05) is 6.92 Å². The molecule has 0 aliphatic heterocycles. The summed E-state index contributed by atoms with van der Waals surface area (Å²) in [6, 6.07) is 1.49. The van der Waals surface area contributed by atoms with Gasteiger partial charge in [0.05, 0.1) is 0 Å². The number of aryl methyl sites for hydroxylation is 1. The third kappa shape index (κ3) is 2.36. The van der Waals surface area contributed by atoms with Gasteiger partial charge in [-0.1, -0.05) is 0 Å². The molecule has 5 nitrogen and oxygen atoms in total. The van der Waals surface area contributed by atoms with Gasteiger partial charge in [-0.2, -0.15) is 5.10 Å². The van der Waals surface area contributed by atoms with Gasteiger partial charge in [-0.25, -0.2) is 10.4 Å². The van der Waals surface area contributed by atoms with Crippen LogP contribution in [0.5, 0.6) is 0 Å². The molecular weight excluding hydrogens is 276 g/mol. The fraction of sp³-hybridized carbons (Fsp3) is 0.706. The molecule has 4 fully saturated rings. The van der Waals surface area contributed by atoms with E-state index in [1.165, 1.54) is 50.3 Å². The second kappa shape index (κ2) is 4.93. The Bertz CT molecular complexity index is 640. The van der Waals surface area contributed by atoms with Crippen molar-refractivity contribution in [1.82, 2.24) is 9.97 Å². The van der Waals surface area contributed by atoms with Crippen LogP contribution in [-0.4, -0.2) is 15.7 Å². The van der Waals surface area contributed by atoms with E-state index in [-0.39, 0.29) is 5.56 Å². The maximum absolute atomic E-state index is 11.5. The van der Waals surface area contributed by atoms with Gasteiger partial charge in [0.15, 0.2) is 0 Å². The van der Waals surface area contributed by atoms with Crippen LogP contribution in [-0.2, 0) is 0 Å². The summed E-state index contributed by atoms with van der Waals surface area (Å²) in [5.74, 6) is 3.17. The monoisotopic (exact) mass is 300 g/mol. The lowest BCUT2D eigenvalue weighted by Gasteiger charge is -2.56. The summed E-state index contributed by atoms with van der Waals surface area (Å²) in [4.78, 5) is 18.5. The molecule has 2 N–H and O–H groups in total. The van der Waals surface area contributed by atoms with Gasteiger partial charge in [0.1, 0.15) is 0 Å². The minimum absolute atomic E-state index is 0.141. The lowest BCUT2D eigenvalue weighted by molar-refractivity contribution is -0.0126. The normalized spacial score (nSPS) is 36.6. The number of hydrogen-bond donors (Lipinski definition) is 2. The molecule has 0 radical (unpaired) electrons. The van der Waals surface area contributed by atoms with Crippen molar-refractivity contribution in [2.75, 3.05) is 5.43 Å². The number of aromatic nitrogens is 2. The van der Waals surface area contributed by atoms with Crippen molar-refractivity contribution < 1.29 is 0 Å². The summed E-state index contributed by atoms with van der Waals surface area (Å²) in [5, 5.41) is 4.60. The van der Waals surface area contributed by atoms with Crippen LogP contribution in [0.1, 0.15) is 51.1 Å². The highest BCUT2D eigenvalue weighted by Gasteiger charge is 2.52. The molecule has 4 bridgehead atoms. The highest BCUT2D eigenvalue weighted by molar-refractivity contribution is 5.89. The molecule has 0 saturated heterocycles. The SMILES string of the molecule is C/C(=N/Nc1nc(C)cc(=O)[nH]1)C12CC3CC(CC(C3)C1)C2. The Balaban J connectivity index is 1.56. The van der Waals surface area contributed by atoms with Gasteiger partial charge in [0.2, 0.25) is 5.95 Å². The summed E-state index contributed by atoms with van der Waals surface area (Å²) in [5.41, 5.74) is 5.02. The molecule has 118 valence electrons. The van der Waals surface area contributed by atoms with Gasteiger partial charge < -0.3 is 0 Å². The molecule has 22 heavy (non-hydrogen) atoms. The van der Waals surface area contributed by atoms with E-state index in [0.717, 1.165) is 17.8 Å². The molecular formula is C17H24N4O. The zero-order valence-corrected chi connectivity index (χ0v) is 13.4. The fourth-order valence-electron chi connectivity index (χ4n) is 5.44. The Morgan fingerprint density at radius 1 is 1.27 bits per heavy atom. The maximum atomic E-state index is 11.5. The molecule has 0 atom stereocenters. The lowest BCUT2D eigenvalue weighted by atomic mass is 9.48. The van der Waals surface area contributed by atoms with Crippen LogP contribution in [0, 0.1) is 30.1 Å². The number of anilines is 1. The molecule has 5 heteroatoms. The van der Waals surface area contributed by atoms with Crippen molar-refractivity contribution >= 4 is 11.7 Å². The van der Waals surface area contributed by atoms with Crippen molar-refractivity contribution in [3.63, 3.8) is 0 Å². The summed E-state index contributed by atoms with van der Waals surface area (Å²) in [7, 11) is 0. The van der Waals surface area contributed by atoms with Gasteiger partial charge in [-0.3, -0.25) is 9.78 Å². The number of rotatable bonds is 3. The van der Waals surface area contributed by atoms with Crippen LogP contribution >= 0.6 is 0 Å². The topological polar surface area (TPSA) is 70.1 Å². The maximum Gasteiger partial charge on any atom is 0.252 e. The van der Waals surface area contributed by atoms with Gasteiger partial charge in [0.25, 0.3) is 5.56 Å². The fourth-order valence-corrected chi connectivity index (χ4v) is 5.44. The van der Waals surface area contributed by atoms with Crippen LogP contribution < -0.4 is 11.0 Å². The summed E-state index contributed by atoms with van der Waals surface area (Å²) < 4.78 is 0. The molecule has 0 amide bonds. The minimum atomic E-state index is -0.141. The molecule has 0 spiro atoms. The van der Waals surface area contributed by atoms with Crippen LogP contribution in [0.3, 0.4) is 0 Å². The molecule has 0 unspecified atom stereocenters. The third-order valence-electron chi connectivity index (χ3n) is 6.00. The first-order chi connectivity index (χ1) is 10.5. The lowest BCUT2D eigenvalue weighted by Crippen LogP contribution is -2.49. The zero-order chi connectivity index (χ0) is 15.3. The summed E-state index contributed by atoms with van der Waals surface area (Å²) in [6.45, 7) is 3.96. The smallest absolute Gasteiger partial charge is 0.252 e. The van der Waals surface area contributed by atoms with Gasteiger partial charge >= 0.3 is 0 Å². The van der Waals surface area contributed by atoms with Crippen molar-refractivity contribution in [1.29, 1.82) is 0 Å². The Morgan fingerprint density at radius 2 is 1.86 bits per heavy atom. The second-order valence-electron chi connectivity index (χ2n) is 7.74. The highest BCUT2D eigenvalue weighted by Crippen LogP contribution is 2.60. The van der Waals surface area contributed by atoms with E-state index in [4.69, 9.17) is 0 Å². The number of hydrazone groups is 1. The number of hydrogen-bond acceptors (Lipinski definition) is 4. The van der Waals surface area contributed by atoms with Crippen molar-refractivity contribution in [3.05, 3.63) is 22.1 Å². The van der Waals surface area contributed by atoms with Crippen molar-refractivity contribution in [2.45, 2.75) is 52.4 Å². The van der Waals surface area contributed by atoms with E-state index in [2.05, 4.69) is 27.4 Å². The first-order valence-electron chi connectivity index (χ1n) is 8.41. The molecule has 1 aromatic rings. The van der Waals surface area contributed by atoms with Crippen molar-refractivity contribution in [3.8, 4) is 0 Å². The summed E-state index contributed by atoms with van der Waals surface area (Å²) >= 11 is 0. The first kappa shape index (κ1) is 14.0. The van der Waals surface area contributed by atoms with E-state index in [9.17, 15) is 4.79 Å². The van der Waals surface area contributed by atoms with Crippen LogP contribution in [0.25, 0.3) is 0 Å². The summed E-state index contributed by atoms with van der Waals surface area (Å²) in [6.07, 6.45) is 8.21. The Hall–Kier alpha value is -1.65.